The Kier molecular flexibility index (Phi) is 6.44. The number of halogens is 1. The van der Waals surface area contributed by atoms with E-state index in [-0.39, 0.29) is 4.90 Å². The van der Waals surface area contributed by atoms with E-state index in [9.17, 15) is 8.42 Å². The van der Waals surface area contributed by atoms with Gasteiger partial charge in [-0.05, 0) is 73.2 Å². The minimum absolute atomic E-state index is 0.253. The van der Waals surface area contributed by atoms with Gasteiger partial charge in [-0.25, -0.2) is 8.42 Å². The Morgan fingerprint density at radius 2 is 1.58 bits per heavy atom. The molecule has 170 valence electrons. The third-order valence-corrected chi connectivity index (χ3v) is 6.60. The number of hydrogen-bond acceptors (Lipinski definition) is 5. The van der Waals surface area contributed by atoms with Crippen molar-refractivity contribution in [3.8, 4) is 28.7 Å². The van der Waals surface area contributed by atoms with Gasteiger partial charge in [-0.2, -0.15) is 4.98 Å². The van der Waals surface area contributed by atoms with E-state index in [1.165, 1.54) is 6.26 Å². The molecule has 0 fully saturated rings. The summed E-state index contributed by atoms with van der Waals surface area (Å²) in [6.07, 6.45) is 1.19. The first-order chi connectivity index (χ1) is 15.8. The molecule has 0 aliphatic carbocycles. The van der Waals surface area contributed by atoms with Gasteiger partial charge in [0.1, 0.15) is 18.2 Å². The van der Waals surface area contributed by atoms with E-state index in [0.717, 1.165) is 28.3 Å². The second kappa shape index (κ2) is 9.29. The predicted molar refractivity (Wildman–Crippen MR) is 129 cm³/mol. The van der Waals surface area contributed by atoms with Crippen LogP contribution in [0.5, 0.6) is 11.6 Å². The predicted octanol–water partition coefficient (Wildman–Crippen LogP) is 5.49. The molecule has 8 heteroatoms. The molecule has 0 saturated carbocycles. The fraction of sp³-hybridized carbons (Fsp3) is 0.160. The summed E-state index contributed by atoms with van der Waals surface area (Å²) < 4.78 is 37.0. The standard InChI is InChI=1S/C25H23ClN2O4S/c1-17-25(32-16-18-4-12-22(31-2)13-5-18)27-24(28(17)21-10-8-20(26)9-11-21)19-6-14-23(15-7-19)33(3,29)30/h4-15H,16H2,1-3H3. The van der Waals surface area contributed by atoms with Crippen LogP contribution < -0.4 is 9.47 Å². The molecule has 0 radical (unpaired) electrons. The van der Waals surface area contributed by atoms with Gasteiger partial charge in [-0.15, -0.1) is 0 Å². The average molecular weight is 483 g/mol. The van der Waals surface area contributed by atoms with Crippen LogP contribution in [0.1, 0.15) is 11.3 Å². The van der Waals surface area contributed by atoms with Crippen LogP contribution in [0.15, 0.2) is 77.7 Å². The summed E-state index contributed by atoms with van der Waals surface area (Å²) in [5, 5.41) is 0.631. The number of sulfone groups is 1. The topological polar surface area (TPSA) is 70.4 Å². The van der Waals surface area contributed by atoms with Crippen LogP contribution in [0.25, 0.3) is 17.1 Å². The lowest BCUT2D eigenvalue weighted by atomic mass is 10.2. The fourth-order valence-corrected chi connectivity index (χ4v) is 4.20. The van der Waals surface area contributed by atoms with Crippen molar-refractivity contribution in [1.29, 1.82) is 0 Å². The molecule has 0 aliphatic heterocycles. The smallest absolute Gasteiger partial charge is 0.236 e. The SMILES string of the molecule is COc1ccc(COc2nc(-c3ccc(S(C)(=O)=O)cc3)n(-c3ccc(Cl)cc3)c2C)cc1. The van der Waals surface area contributed by atoms with Crippen LogP contribution in [0, 0.1) is 6.92 Å². The molecule has 0 atom stereocenters. The summed E-state index contributed by atoms with van der Waals surface area (Å²) in [5.74, 6) is 1.91. The second-order valence-corrected chi connectivity index (χ2v) is 10.0. The highest BCUT2D eigenvalue weighted by Crippen LogP contribution is 2.31. The van der Waals surface area contributed by atoms with Crippen molar-refractivity contribution in [2.75, 3.05) is 13.4 Å². The number of benzene rings is 3. The summed E-state index contributed by atoms with van der Waals surface area (Å²) in [5.41, 5.74) is 3.42. The highest BCUT2D eigenvalue weighted by Gasteiger charge is 2.19. The van der Waals surface area contributed by atoms with E-state index < -0.39 is 9.84 Å². The maximum Gasteiger partial charge on any atom is 0.236 e. The van der Waals surface area contributed by atoms with E-state index in [0.29, 0.717) is 23.3 Å². The van der Waals surface area contributed by atoms with Gasteiger partial charge in [0.05, 0.1) is 17.7 Å². The Morgan fingerprint density at radius 1 is 0.939 bits per heavy atom. The maximum absolute atomic E-state index is 11.9. The van der Waals surface area contributed by atoms with Crippen LogP contribution in [-0.4, -0.2) is 31.3 Å². The number of methoxy groups -OCH3 is 1. The molecule has 1 aromatic heterocycles. The average Bonchev–Trinajstić information content (AvgIpc) is 3.14. The summed E-state index contributed by atoms with van der Waals surface area (Å²) in [4.78, 5) is 5.01. The number of ether oxygens (including phenoxy) is 2. The van der Waals surface area contributed by atoms with Crippen LogP contribution in [0.3, 0.4) is 0 Å². The molecule has 0 N–H and O–H groups in total. The lowest BCUT2D eigenvalue weighted by Gasteiger charge is -2.11. The van der Waals surface area contributed by atoms with E-state index in [1.54, 1.807) is 31.4 Å². The summed E-state index contributed by atoms with van der Waals surface area (Å²) in [6, 6.07) is 21.7. The molecule has 6 nitrogen and oxygen atoms in total. The number of imidazole rings is 1. The molecule has 0 saturated heterocycles. The van der Waals surface area contributed by atoms with E-state index in [1.807, 2.05) is 60.0 Å². The van der Waals surface area contributed by atoms with Crippen LogP contribution in [0.2, 0.25) is 5.02 Å². The number of hydrogen-bond donors (Lipinski definition) is 0. The minimum Gasteiger partial charge on any atom is -0.497 e. The van der Waals surface area contributed by atoms with Gasteiger partial charge in [0.15, 0.2) is 9.84 Å². The summed E-state index contributed by atoms with van der Waals surface area (Å²) in [6.45, 7) is 2.27. The highest BCUT2D eigenvalue weighted by molar-refractivity contribution is 7.90. The first-order valence-corrected chi connectivity index (χ1v) is 12.4. The van der Waals surface area contributed by atoms with Crippen molar-refractivity contribution in [3.05, 3.63) is 89.1 Å². The Balaban J connectivity index is 1.73. The lowest BCUT2D eigenvalue weighted by Crippen LogP contribution is -2.01. The van der Waals surface area contributed by atoms with Crippen LogP contribution >= 0.6 is 11.6 Å². The monoisotopic (exact) mass is 482 g/mol. The lowest BCUT2D eigenvalue weighted by molar-refractivity contribution is 0.293. The van der Waals surface area contributed by atoms with Crippen molar-refractivity contribution in [1.82, 2.24) is 9.55 Å². The van der Waals surface area contributed by atoms with Gasteiger partial charge in [-0.3, -0.25) is 4.57 Å². The molecule has 3 aromatic carbocycles. The molecule has 33 heavy (non-hydrogen) atoms. The highest BCUT2D eigenvalue weighted by atomic mass is 35.5. The Bertz CT molecular complexity index is 1360. The molecule has 0 aliphatic rings. The van der Waals surface area contributed by atoms with E-state index >= 15 is 0 Å². The number of aromatic nitrogens is 2. The number of nitrogens with zero attached hydrogens (tertiary/aromatic N) is 2. The molecular formula is C25H23ClN2O4S. The molecule has 0 bridgehead atoms. The molecule has 1 heterocycles. The zero-order valence-electron chi connectivity index (χ0n) is 18.4. The molecule has 0 spiro atoms. The van der Waals surface area contributed by atoms with Crippen LogP contribution in [-0.2, 0) is 16.4 Å². The van der Waals surface area contributed by atoms with Gasteiger partial charge in [-0.1, -0.05) is 23.7 Å². The zero-order chi connectivity index (χ0) is 23.6. The van der Waals surface area contributed by atoms with E-state index in [4.69, 9.17) is 26.1 Å². The first-order valence-electron chi connectivity index (χ1n) is 10.2. The van der Waals surface area contributed by atoms with Gasteiger partial charge in [0.25, 0.3) is 0 Å². The fourth-order valence-electron chi connectivity index (χ4n) is 3.44. The van der Waals surface area contributed by atoms with Crippen molar-refractivity contribution < 1.29 is 17.9 Å². The third-order valence-electron chi connectivity index (χ3n) is 5.22. The van der Waals surface area contributed by atoms with Crippen molar-refractivity contribution in [2.24, 2.45) is 0 Å². The first kappa shape index (κ1) is 22.9. The van der Waals surface area contributed by atoms with Gasteiger partial charge in [0.2, 0.25) is 5.88 Å². The quantitative estimate of drug-likeness (QED) is 0.348. The zero-order valence-corrected chi connectivity index (χ0v) is 20.0. The molecule has 4 rings (SSSR count). The third kappa shape index (κ3) is 5.05. The van der Waals surface area contributed by atoms with Crippen molar-refractivity contribution in [2.45, 2.75) is 18.4 Å². The second-order valence-electron chi connectivity index (χ2n) is 7.57. The van der Waals surface area contributed by atoms with E-state index in [2.05, 4.69) is 0 Å². The van der Waals surface area contributed by atoms with Crippen molar-refractivity contribution in [3.63, 3.8) is 0 Å². The van der Waals surface area contributed by atoms with Gasteiger partial charge in [0, 0.05) is 22.5 Å². The largest absolute Gasteiger partial charge is 0.497 e. The van der Waals surface area contributed by atoms with Crippen LogP contribution in [0.4, 0.5) is 0 Å². The van der Waals surface area contributed by atoms with Gasteiger partial charge >= 0.3 is 0 Å². The Morgan fingerprint density at radius 3 is 2.15 bits per heavy atom. The van der Waals surface area contributed by atoms with Crippen molar-refractivity contribution >= 4 is 21.4 Å². The Hall–Kier alpha value is -3.29. The number of rotatable bonds is 7. The minimum atomic E-state index is -3.29. The normalized spacial score (nSPS) is 11.4. The summed E-state index contributed by atoms with van der Waals surface area (Å²) >= 11 is 6.08. The molecule has 0 unspecified atom stereocenters. The Labute approximate surface area is 198 Å². The molecular weight excluding hydrogens is 460 g/mol. The van der Waals surface area contributed by atoms with Gasteiger partial charge < -0.3 is 9.47 Å². The molecule has 0 amide bonds. The molecule has 4 aromatic rings. The summed E-state index contributed by atoms with van der Waals surface area (Å²) in [7, 11) is -1.66. The maximum atomic E-state index is 11.9.